The summed E-state index contributed by atoms with van der Waals surface area (Å²) in [5, 5.41) is 3.49. The Morgan fingerprint density at radius 3 is 2.60 bits per heavy atom. The lowest BCUT2D eigenvalue weighted by atomic mass is 9.85. The van der Waals surface area contributed by atoms with Crippen molar-refractivity contribution in [3.63, 3.8) is 0 Å². The molecule has 1 fully saturated rings. The summed E-state index contributed by atoms with van der Waals surface area (Å²) in [5.41, 5.74) is 1.68. The standard InChI is InChI=1S/C27H30ClN3O4/c1-5-29-14-12-18(2)21-17-31(27(33)19-10-11-24(34-3)25(16-19)35-4)15-13-23(21)30-26(32)20-8-6-7-9-22(20)28/h5-12,14,16,21,23H,2,13,15,17H2,1,3-4H3,(H,30,32)/b14-12-,29-5-/t21-,23-/m0/s1. The molecule has 7 nitrogen and oxygen atoms in total. The van der Waals surface area contributed by atoms with Crippen LogP contribution in [0.3, 0.4) is 0 Å². The van der Waals surface area contributed by atoms with Crippen molar-refractivity contribution in [3.05, 3.63) is 83.0 Å². The molecule has 184 valence electrons. The van der Waals surface area contributed by atoms with Gasteiger partial charge in [-0.2, -0.15) is 0 Å². The number of benzene rings is 2. The first-order chi connectivity index (χ1) is 16.9. The molecular formula is C27H30ClN3O4. The Labute approximate surface area is 211 Å². The molecule has 0 saturated carbocycles. The molecule has 0 aliphatic carbocycles. The first-order valence-electron chi connectivity index (χ1n) is 11.3. The Kier molecular flexibility index (Phi) is 9.09. The Hall–Kier alpha value is -3.58. The van der Waals surface area contributed by atoms with E-state index >= 15 is 0 Å². The summed E-state index contributed by atoms with van der Waals surface area (Å²) < 4.78 is 10.6. The molecule has 2 aromatic rings. The molecule has 2 amide bonds. The summed E-state index contributed by atoms with van der Waals surface area (Å²) in [6.45, 7) is 6.89. The fourth-order valence-electron chi connectivity index (χ4n) is 4.08. The van der Waals surface area contributed by atoms with E-state index in [1.165, 1.54) is 7.11 Å². The van der Waals surface area contributed by atoms with Gasteiger partial charge in [-0.3, -0.25) is 14.6 Å². The van der Waals surface area contributed by atoms with Crippen LogP contribution < -0.4 is 14.8 Å². The molecule has 2 aromatic carbocycles. The highest BCUT2D eigenvalue weighted by Gasteiger charge is 2.34. The van der Waals surface area contributed by atoms with Crippen molar-refractivity contribution in [2.75, 3.05) is 27.3 Å². The number of allylic oxidation sites excluding steroid dienone is 1. The molecule has 0 unspecified atom stereocenters. The van der Waals surface area contributed by atoms with Crippen molar-refractivity contribution >= 4 is 29.6 Å². The number of nitrogens with one attached hydrogen (secondary N) is 1. The Balaban J connectivity index is 1.82. The molecule has 1 N–H and O–H groups in total. The van der Waals surface area contributed by atoms with Crippen LogP contribution in [-0.4, -0.2) is 56.3 Å². The Morgan fingerprint density at radius 1 is 1.17 bits per heavy atom. The van der Waals surface area contributed by atoms with Gasteiger partial charge in [-0.05, 0) is 55.3 Å². The number of methoxy groups -OCH3 is 2. The molecule has 3 rings (SSSR count). The number of rotatable bonds is 8. The molecule has 1 saturated heterocycles. The average Bonchev–Trinajstić information content (AvgIpc) is 2.88. The second kappa shape index (κ2) is 12.2. The predicted octanol–water partition coefficient (Wildman–Crippen LogP) is 4.78. The highest BCUT2D eigenvalue weighted by Crippen LogP contribution is 2.30. The van der Waals surface area contributed by atoms with Crippen LogP contribution in [-0.2, 0) is 0 Å². The quantitative estimate of drug-likeness (QED) is 0.422. The maximum atomic E-state index is 13.3. The molecule has 35 heavy (non-hydrogen) atoms. The molecular weight excluding hydrogens is 466 g/mol. The smallest absolute Gasteiger partial charge is 0.254 e. The zero-order valence-electron chi connectivity index (χ0n) is 20.2. The van der Waals surface area contributed by atoms with E-state index in [1.54, 1.807) is 66.9 Å². The lowest BCUT2D eigenvalue weighted by molar-refractivity contribution is 0.0648. The van der Waals surface area contributed by atoms with Crippen molar-refractivity contribution in [1.82, 2.24) is 10.2 Å². The van der Waals surface area contributed by atoms with Crippen molar-refractivity contribution < 1.29 is 19.1 Å². The van der Waals surface area contributed by atoms with Gasteiger partial charge in [0, 0.05) is 43.0 Å². The topological polar surface area (TPSA) is 80.2 Å². The summed E-state index contributed by atoms with van der Waals surface area (Å²) >= 11 is 6.22. The lowest BCUT2D eigenvalue weighted by Gasteiger charge is -2.39. The van der Waals surface area contributed by atoms with Crippen LogP contribution in [0.25, 0.3) is 0 Å². The number of hydrogen-bond donors (Lipinski definition) is 1. The van der Waals surface area contributed by atoms with Gasteiger partial charge in [0.05, 0.1) is 24.8 Å². The molecule has 0 aromatic heterocycles. The van der Waals surface area contributed by atoms with Gasteiger partial charge < -0.3 is 19.7 Å². The fourth-order valence-corrected chi connectivity index (χ4v) is 4.30. The minimum absolute atomic E-state index is 0.129. The van der Waals surface area contributed by atoms with Crippen LogP contribution in [0, 0.1) is 5.92 Å². The number of amides is 2. The summed E-state index contributed by atoms with van der Waals surface area (Å²) in [5.74, 6) is 0.450. The van der Waals surface area contributed by atoms with Gasteiger partial charge in [0.1, 0.15) is 0 Å². The minimum atomic E-state index is -0.256. The molecule has 1 heterocycles. The third kappa shape index (κ3) is 6.31. The van der Waals surface area contributed by atoms with Crippen LogP contribution in [0.15, 0.2) is 71.9 Å². The van der Waals surface area contributed by atoms with Crippen LogP contribution >= 0.6 is 11.6 Å². The third-order valence-electron chi connectivity index (χ3n) is 5.97. The van der Waals surface area contributed by atoms with Gasteiger partial charge in [-0.1, -0.05) is 30.3 Å². The average molecular weight is 496 g/mol. The molecule has 0 bridgehead atoms. The molecule has 2 atom stereocenters. The van der Waals surface area contributed by atoms with E-state index in [-0.39, 0.29) is 23.8 Å². The maximum absolute atomic E-state index is 13.3. The summed E-state index contributed by atoms with van der Waals surface area (Å²) in [6.07, 6.45) is 5.70. The summed E-state index contributed by atoms with van der Waals surface area (Å²) in [6, 6.07) is 11.8. The number of aliphatic imine (C=N–C) groups is 1. The Bertz CT molecular complexity index is 1140. The van der Waals surface area contributed by atoms with E-state index in [0.29, 0.717) is 47.2 Å². The first kappa shape index (κ1) is 26.0. The number of ether oxygens (including phenoxy) is 2. The molecule has 1 aliphatic heterocycles. The van der Waals surface area contributed by atoms with Crippen LogP contribution in [0.4, 0.5) is 0 Å². The van der Waals surface area contributed by atoms with Gasteiger partial charge in [0.2, 0.25) is 0 Å². The monoisotopic (exact) mass is 495 g/mol. The highest BCUT2D eigenvalue weighted by atomic mass is 35.5. The number of likely N-dealkylation sites (tertiary alicyclic amines) is 1. The predicted molar refractivity (Wildman–Crippen MR) is 139 cm³/mol. The van der Waals surface area contributed by atoms with Gasteiger partial charge in [0.25, 0.3) is 11.8 Å². The number of carbonyl (C=O) groups excluding carboxylic acids is 2. The summed E-state index contributed by atoms with van der Waals surface area (Å²) in [4.78, 5) is 32.2. The number of piperidine rings is 1. The summed E-state index contributed by atoms with van der Waals surface area (Å²) in [7, 11) is 3.08. The van der Waals surface area contributed by atoms with Gasteiger partial charge in [-0.15, -0.1) is 0 Å². The SMILES string of the molecule is C=C(/C=C\N=C/C)[C@@H]1CN(C(=O)c2ccc(OC)c(OC)c2)CC[C@@H]1NC(=O)c1ccccc1Cl. The Morgan fingerprint density at radius 2 is 1.91 bits per heavy atom. The van der Waals surface area contributed by atoms with E-state index in [4.69, 9.17) is 21.1 Å². The number of hydrogen-bond acceptors (Lipinski definition) is 5. The lowest BCUT2D eigenvalue weighted by Crippen LogP contribution is -2.52. The fraction of sp³-hybridized carbons (Fsp3) is 0.296. The normalized spacial score (nSPS) is 18.0. The van der Waals surface area contributed by atoms with E-state index in [0.717, 1.165) is 5.57 Å². The van der Waals surface area contributed by atoms with Crippen LogP contribution in [0.1, 0.15) is 34.1 Å². The van der Waals surface area contributed by atoms with Gasteiger partial charge >= 0.3 is 0 Å². The van der Waals surface area contributed by atoms with Crippen LogP contribution in [0.5, 0.6) is 11.5 Å². The van der Waals surface area contributed by atoms with Gasteiger partial charge in [0.15, 0.2) is 11.5 Å². The van der Waals surface area contributed by atoms with Gasteiger partial charge in [-0.25, -0.2) is 0 Å². The second-order valence-corrected chi connectivity index (χ2v) is 8.48. The molecule has 1 aliphatic rings. The second-order valence-electron chi connectivity index (χ2n) is 8.07. The first-order valence-corrected chi connectivity index (χ1v) is 11.7. The van der Waals surface area contributed by atoms with E-state index < -0.39 is 0 Å². The largest absolute Gasteiger partial charge is 0.493 e. The minimum Gasteiger partial charge on any atom is -0.493 e. The number of carbonyl (C=O) groups is 2. The molecule has 0 radical (unpaired) electrons. The zero-order chi connectivity index (χ0) is 25.4. The van der Waals surface area contributed by atoms with Crippen molar-refractivity contribution in [2.24, 2.45) is 10.9 Å². The molecule has 0 spiro atoms. The van der Waals surface area contributed by atoms with E-state index in [2.05, 4.69) is 16.9 Å². The van der Waals surface area contributed by atoms with Crippen molar-refractivity contribution in [3.8, 4) is 11.5 Å². The van der Waals surface area contributed by atoms with E-state index in [1.807, 2.05) is 13.0 Å². The maximum Gasteiger partial charge on any atom is 0.254 e. The van der Waals surface area contributed by atoms with Crippen LogP contribution in [0.2, 0.25) is 5.02 Å². The number of nitrogens with zero attached hydrogens (tertiary/aromatic N) is 2. The molecule has 8 heteroatoms. The third-order valence-corrected chi connectivity index (χ3v) is 6.30. The van der Waals surface area contributed by atoms with E-state index in [9.17, 15) is 9.59 Å². The van der Waals surface area contributed by atoms with Crippen molar-refractivity contribution in [2.45, 2.75) is 19.4 Å². The van der Waals surface area contributed by atoms with Crippen molar-refractivity contribution in [1.29, 1.82) is 0 Å². The number of halogens is 1. The highest BCUT2D eigenvalue weighted by molar-refractivity contribution is 6.33. The zero-order valence-corrected chi connectivity index (χ0v) is 20.9.